The highest BCUT2D eigenvalue weighted by molar-refractivity contribution is 6.46. The van der Waals surface area contributed by atoms with Crippen molar-refractivity contribution in [3.8, 4) is 11.5 Å². The average molecular weight is 495 g/mol. The van der Waals surface area contributed by atoms with E-state index in [1.54, 1.807) is 30.7 Å². The zero-order valence-corrected chi connectivity index (χ0v) is 20.2. The van der Waals surface area contributed by atoms with Gasteiger partial charge >= 0.3 is 0 Å². The molecule has 3 aromatic rings. The van der Waals surface area contributed by atoms with Crippen molar-refractivity contribution >= 4 is 17.4 Å². The Hall–Kier alpha value is -4.14. The standard InChI is InChI=1S/C27H28FN3O5/c1-3-15-36-21-10-7-19(16-22(21)35-2)24-23(25(32)18-5-8-20(28)9-6-18)26(33)27(34)31(24)13-4-12-30-14-11-29-17-30/h5-11,14,16-17,24H,3-4,12-13,15H2,1-2H3,(H,32,33)/p+1. The Morgan fingerprint density at radius 1 is 1.17 bits per heavy atom. The zero-order valence-electron chi connectivity index (χ0n) is 20.2. The number of nitrogens with zero attached hydrogens (tertiary/aromatic N) is 2. The number of methoxy groups -OCH3 is 1. The van der Waals surface area contributed by atoms with Crippen molar-refractivity contribution in [2.45, 2.75) is 32.4 Å². The van der Waals surface area contributed by atoms with Crippen LogP contribution in [0.15, 0.2) is 66.8 Å². The Bertz CT molecular complexity index is 1250. The van der Waals surface area contributed by atoms with Gasteiger partial charge in [-0.3, -0.25) is 14.6 Å². The van der Waals surface area contributed by atoms with Gasteiger partial charge in [0.25, 0.3) is 11.7 Å². The smallest absolute Gasteiger partial charge is 0.295 e. The normalized spacial score (nSPS) is 17.0. The van der Waals surface area contributed by atoms with E-state index < -0.39 is 23.5 Å². The highest BCUT2D eigenvalue weighted by Gasteiger charge is 2.46. The lowest BCUT2D eigenvalue weighted by Crippen LogP contribution is -2.36. The number of halogens is 1. The number of aromatic nitrogens is 2. The van der Waals surface area contributed by atoms with Crippen LogP contribution >= 0.6 is 0 Å². The lowest BCUT2D eigenvalue weighted by Gasteiger charge is -2.26. The molecule has 1 unspecified atom stereocenters. The zero-order chi connectivity index (χ0) is 25.7. The Kier molecular flexibility index (Phi) is 7.68. The van der Waals surface area contributed by atoms with Crippen LogP contribution in [0.3, 0.4) is 0 Å². The molecule has 1 saturated heterocycles. The summed E-state index contributed by atoms with van der Waals surface area (Å²) in [6, 6.07) is 9.50. The topological polar surface area (TPSA) is 95.7 Å². The van der Waals surface area contributed by atoms with Crippen LogP contribution in [0.5, 0.6) is 11.5 Å². The minimum atomic E-state index is -0.847. The fourth-order valence-corrected chi connectivity index (χ4v) is 4.29. The van der Waals surface area contributed by atoms with E-state index in [4.69, 9.17) is 9.47 Å². The van der Waals surface area contributed by atoms with Crippen molar-refractivity contribution in [1.82, 2.24) is 9.88 Å². The maximum Gasteiger partial charge on any atom is 0.295 e. The maximum atomic E-state index is 13.5. The number of hydrogen-bond donors (Lipinski definition) is 2. The molecule has 2 N–H and O–H groups in total. The fraction of sp³-hybridized carbons (Fsp3) is 0.296. The molecule has 1 aliphatic rings. The minimum Gasteiger partial charge on any atom is -0.507 e. The van der Waals surface area contributed by atoms with E-state index in [2.05, 4.69) is 4.98 Å². The predicted molar refractivity (Wildman–Crippen MR) is 130 cm³/mol. The number of nitrogens with one attached hydrogen (secondary N) is 1. The first kappa shape index (κ1) is 25.0. The molecule has 36 heavy (non-hydrogen) atoms. The number of ether oxygens (including phenoxy) is 2. The van der Waals surface area contributed by atoms with Crippen LogP contribution in [0.25, 0.3) is 5.76 Å². The molecule has 0 spiro atoms. The van der Waals surface area contributed by atoms with Crippen LogP contribution in [-0.4, -0.2) is 46.9 Å². The third-order valence-corrected chi connectivity index (χ3v) is 6.04. The number of aliphatic hydroxyl groups excluding tert-OH is 1. The van der Waals surface area contributed by atoms with Gasteiger partial charge in [-0.05, 0) is 48.4 Å². The molecule has 0 radical (unpaired) electrons. The molecule has 0 saturated carbocycles. The summed E-state index contributed by atoms with van der Waals surface area (Å²) in [6.07, 6.45) is 6.88. The molecule has 1 aliphatic heterocycles. The molecule has 1 fully saturated rings. The second kappa shape index (κ2) is 11.1. The van der Waals surface area contributed by atoms with Gasteiger partial charge in [-0.1, -0.05) is 13.0 Å². The summed E-state index contributed by atoms with van der Waals surface area (Å²) in [5, 5.41) is 11.1. The van der Waals surface area contributed by atoms with E-state index in [-0.39, 0.29) is 23.4 Å². The molecule has 188 valence electrons. The number of imidazole rings is 1. The third kappa shape index (κ3) is 5.10. The van der Waals surface area contributed by atoms with E-state index in [9.17, 15) is 19.1 Å². The van der Waals surface area contributed by atoms with E-state index in [0.717, 1.165) is 6.42 Å². The van der Waals surface area contributed by atoms with E-state index in [1.165, 1.54) is 36.3 Å². The average Bonchev–Trinajstić information content (AvgIpc) is 3.49. The Morgan fingerprint density at radius 3 is 2.61 bits per heavy atom. The van der Waals surface area contributed by atoms with E-state index in [1.807, 2.05) is 17.7 Å². The lowest BCUT2D eigenvalue weighted by molar-refractivity contribution is -0.695. The highest BCUT2D eigenvalue weighted by Crippen LogP contribution is 2.42. The minimum absolute atomic E-state index is 0.0508. The molecule has 4 rings (SSSR count). The summed E-state index contributed by atoms with van der Waals surface area (Å²) in [5.74, 6) is -1.32. The van der Waals surface area contributed by atoms with Gasteiger partial charge in [0, 0.05) is 18.5 Å². The van der Waals surface area contributed by atoms with Crippen LogP contribution in [0.2, 0.25) is 0 Å². The van der Waals surface area contributed by atoms with Crippen molar-refractivity contribution in [3.05, 3.63) is 83.7 Å². The number of Topliss-reactive ketones (excluding diaryl/α,β-unsaturated/α-hetero) is 1. The Labute approximate surface area is 208 Å². The van der Waals surface area contributed by atoms with Crippen molar-refractivity contribution in [2.75, 3.05) is 20.3 Å². The molecule has 8 nitrogen and oxygen atoms in total. The third-order valence-electron chi connectivity index (χ3n) is 6.04. The van der Waals surface area contributed by atoms with Crippen LogP contribution in [0, 0.1) is 5.82 Å². The van der Waals surface area contributed by atoms with Crippen molar-refractivity contribution in [3.63, 3.8) is 0 Å². The SMILES string of the molecule is CCCOc1ccc(C2C(=C(O)c3ccc(F)cc3)C(=O)C(=O)N2CCC[n+]2cc[nH]c2)cc1OC. The van der Waals surface area contributed by atoms with Crippen LogP contribution in [0.1, 0.15) is 36.9 Å². The van der Waals surface area contributed by atoms with Gasteiger partial charge in [0.1, 0.15) is 24.0 Å². The van der Waals surface area contributed by atoms with Gasteiger partial charge in [-0.25, -0.2) is 8.96 Å². The summed E-state index contributed by atoms with van der Waals surface area (Å²) < 4.78 is 26.7. The number of likely N-dealkylation sites (tertiary alicyclic amines) is 1. The molecule has 2 heterocycles. The van der Waals surface area contributed by atoms with Gasteiger partial charge in [0.05, 0.1) is 31.9 Å². The number of hydrogen-bond acceptors (Lipinski definition) is 5. The molecule has 1 atom stereocenters. The summed E-state index contributed by atoms with van der Waals surface area (Å²) in [4.78, 5) is 30.8. The Balaban J connectivity index is 1.75. The lowest BCUT2D eigenvalue weighted by atomic mass is 9.95. The van der Waals surface area contributed by atoms with Crippen molar-refractivity contribution < 1.29 is 33.1 Å². The fourth-order valence-electron chi connectivity index (χ4n) is 4.29. The number of aromatic amines is 1. The van der Waals surface area contributed by atoms with Crippen molar-refractivity contribution in [2.24, 2.45) is 0 Å². The largest absolute Gasteiger partial charge is 0.507 e. The van der Waals surface area contributed by atoms with Crippen LogP contribution < -0.4 is 14.0 Å². The Morgan fingerprint density at radius 2 is 1.94 bits per heavy atom. The second-order valence-corrected chi connectivity index (χ2v) is 8.46. The summed E-state index contributed by atoms with van der Waals surface area (Å²) in [7, 11) is 1.52. The van der Waals surface area contributed by atoms with E-state index in [0.29, 0.717) is 36.6 Å². The first-order chi connectivity index (χ1) is 17.4. The predicted octanol–water partition coefficient (Wildman–Crippen LogP) is 3.75. The quantitative estimate of drug-likeness (QED) is 0.194. The number of amides is 1. The first-order valence-electron chi connectivity index (χ1n) is 11.8. The molecule has 2 aromatic carbocycles. The summed E-state index contributed by atoms with van der Waals surface area (Å²) in [6.45, 7) is 3.42. The molecule has 0 aliphatic carbocycles. The summed E-state index contributed by atoms with van der Waals surface area (Å²) >= 11 is 0. The summed E-state index contributed by atoms with van der Waals surface area (Å²) in [5.41, 5.74) is 0.787. The van der Waals surface area contributed by atoms with Gasteiger partial charge in [-0.2, -0.15) is 0 Å². The van der Waals surface area contributed by atoms with Gasteiger partial charge in [0.15, 0.2) is 11.5 Å². The number of H-pyrrole nitrogens is 1. The molecule has 0 bridgehead atoms. The molecular formula is C27H29FN3O5+. The number of carbonyl (C=O) groups is 2. The monoisotopic (exact) mass is 494 g/mol. The molecule has 9 heteroatoms. The van der Waals surface area contributed by atoms with Gasteiger partial charge in [-0.15, -0.1) is 0 Å². The van der Waals surface area contributed by atoms with E-state index >= 15 is 0 Å². The highest BCUT2D eigenvalue weighted by atomic mass is 19.1. The maximum absolute atomic E-state index is 13.5. The number of rotatable bonds is 10. The molecule has 1 amide bonds. The number of ketones is 1. The van der Waals surface area contributed by atoms with Crippen LogP contribution in [-0.2, 0) is 16.1 Å². The number of carbonyl (C=O) groups excluding carboxylic acids is 2. The van der Waals surface area contributed by atoms with Crippen molar-refractivity contribution in [1.29, 1.82) is 0 Å². The molecular weight excluding hydrogens is 465 g/mol. The van der Waals surface area contributed by atoms with Crippen LogP contribution in [0.4, 0.5) is 4.39 Å². The number of aryl methyl sites for hydroxylation is 1. The number of aliphatic hydroxyl groups is 1. The number of benzene rings is 2. The molecule has 1 aromatic heterocycles. The second-order valence-electron chi connectivity index (χ2n) is 8.46. The van der Waals surface area contributed by atoms with Gasteiger partial charge < -0.3 is 19.5 Å². The van der Waals surface area contributed by atoms with Gasteiger partial charge in [0.2, 0.25) is 6.33 Å². The first-order valence-corrected chi connectivity index (χ1v) is 11.8.